The Balaban J connectivity index is 1.76. The van der Waals surface area contributed by atoms with Crippen molar-refractivity contribution in [2.45, 2.75) is 58.5 Å². The van der Waals surface area contributed by atoms with Crippen LogP contribution in [0.3, 0.4) is 0 Å². The molecule has 1 unspecified atom stereocenters. The van der Waals surface area contributed by atoms with Gasteiger partial charge in [-0.15, -0.1) is 6.42 Å². The van der Waals surface area contributed by atoms with Crippen LogP contribution in [0.5, 0.6) is 0 Å². The lowest BCUT2D eigenvalue weighted by atomic mass is 10.00. The molecule has 1 saturated heterocycles. The van der Waals surface area contributed by atoms with Crippen LogP contribution in [0.1, 0.15) is 46.5 Å². The van der Waals surface area contributed by atoms with E-state index >= 15 is 0 Å². The van der Waals surface area contributed by atoms with Gasteiger partial charge in [0.25, 0.3) is 0 Å². The topological polar surface area (TPSA) is 54.0 Å². The molecule has 8 heteroatoms. The minimum atomic E-state index is -0.180. The van der Waals surface area contributed by atoms with Gasteiger partial charge in [-0.25, -0.2) is 4.79 Å². The Kier molecular flexibility index (Phi) is 9.58. The summed E-state index contributed by atoms with van der Waals surface area (Å²) in [6, 6.07) is 5.56. The maximum Gasteiger partial charge on any atom is 0.322 e. The minimum Gasteiger partial charge on any atom is -0.453 e. The van der Waals surface area contributed by atoms with Gasteiger partial charge in [0.05, 0.1) is 10.0 Å². The van der Waals surface area contributed by atoms with Crippen molar-refractivity contribution in [3.8, 4) is 12.3 Å². The minimum absolute atomic E-state index is 0.106. The summed E-state index contributed by atoms with van der Waals surface area (Å²) in [5.41, 5.74) is 1.55. The quantitative estimate of drug-likeness (QED) is 0.422. The molecule has 2 amide bonds. The molecule has 184 valence electrons. The average molecular weight is 506 g/mol. The number of halogens is 2. The van der Waals surface area contributed by atoms with Gasteiger partial charge in [0.1, 0.15) is 0 Å². The highest BCUT2D eigenvalue weighted by atomic mass is 35.5. The third kappa shape index (κ3) is 6.85. The van der Waals surface area contributed by atoms with E-state index in [0.29, 0.717) is 39.8 Å². The molecule has 34 heavy (non-hydrogen) atoms. The largest absolute Gasteiger partial charge is 0.453 e. The molecule has 0 aliphatic carbocycles. The van der Waals surface area contributed by atoms with E-state index in [1.807, 2.05) is 17.9 Å². The van der Waals surface area contributed by atoms with E-state index in [-0.39, 0.29) is 18.9 Å². The average Bonchev–Trinajstić information content (AvgIpc) is 3.27. The van der Waals surface area contributed by atoms with Crippen LogP contribution in [0.15, 0.2) is 41.4 Å². The van der Waals surface area contributed by atoms with Crippen LogP contribution in [0.25, 0.3) is 0 Å². The molecule has 0 aromatic heterocycles. The molecule has 0 radical (unpaired) electrons. The number of hydrogen-bond acceptors (Lipinski definition) is 4. The number of carbonyl (C=O) groups is 1. The van der Waals surface area contributed by atoms with Gasteiger partial charge in [0.2, 0.25) is 12.6 Å². The number of ether oxygens (including phenoxy) is 2. The molecule has 2 aliphatic heterocycles. The van der Waals surface area contributed by atoms with Crippen LogP contribution < -0.4 is 5.32 Å². The number of amides is 2. The predicted octanol–water partition coefficient (Wildman–Crippen LogP) is 6.28. The molecule has 0 saturated carbocycles. The van der Waals surface area contributed by atoms with Crippen molar-refractivity contribution >= 4 is 34.9 Å². The SMILES string of the molecule is C#CC1=C(/C=C(\C)CN(C(=O)Nc2ccc(Cl)c(Cl)c2)C2CCN(C(C)CCC)CC2)OCO1. The van der Waals surface area contributed by atoms with Crippen LogP contribution in [-0.4, -0.2) is 54.3 Å². The molecule has 1 fully saturated rings. The monoisotopic (exact) mass is 505 g/mol. The predicted molar refractivity (Wildman–Crippen MR) is 138 cm³/mol. The van der Waals surface area contributed by atoms with Gasteiger partial charge in [0.15, 0.2) is 5.76 Å². The molecule has 0 spiro atoms. The molecular formula is C26H33Cl2N3O3. The van der Waals surface area contributed by atoms with E-state index in [2.05, 4.69) is 30.0 Å². The lowest BCUT2D eigenvalue weighted by molar-refractivity contribution is 0.0785. The van der Waals surface area contributed by atoms with E-state index in [1.54, 1.807) is 18.2 Å². The Morgan fingerprint density at radius 2 is 2.06 bits per heavy atom. The number of rotatable bonds is 8. The van der Waals surface area contributed by atoms with Crippen LogP contribution >= 0.6 is 23.2 Å². The summed E-state index contributed by atoms with van der Waals surface area (Å²) in [5, 5.41) is 3.82. The van der Waals surface area contributed by atoms with E-state index in [4.69, 9.17) is 39.1 Å². The van der Waals surface area contributed by atoms with Crippen molar-refractivity contribution in [3.63, 3.8) is 0 Å². The van der Waals surface area contributed by atoms with Crippen molar-refractivity contribution in [1.82, 2.24) is 9.80 Å². The fourth-order valence-electron chi connectivity index (χ4n) is 4.42. The summed E-state index contributed by atoms with van der Waals surface area (Å²) in [5.74, 6) is 3.39. The van der Waals surface area contributed by atoms with Gasteiger partial charge in [-0.05, 0) is 63.3 Å². The number of anilines is 1. The smallest absolute Gasteiger partial charge is 0.322 e. The number of allylic oxidation sites excluding steroid dienone is 2. The fraction of sp³-hybridized carbons (Fsp3) is 0.500. The van der Waals surface area contributed by atoms with Crippen LogP contribution in [0.4, 0.5) is 10.5 Å². The zero-order valence-electron chi connectivity index (χ0n) is 20.1. The molecule has 0 bridgehead atoms. The first-order valence-electron chi connectivity index (χ1n) is 11.7. The standard InChI is InChI=1S/C26H33Cl2N3O3/c1-5-7-19(4)30-12-10-21(11-13-30)31(16-18(3)14-25-24(6-2)33-17-34-25)26(32)29-20-8-9-22(27)23(28)15-20/h2,8-9,14-15,19,21H,5,7,10-13,16-17H2,1,3-4H3,(H,29,32)/b18-14+. The lowest BCUT2D eigenvalue weighted by Crippen LogP contribution is -2.50. The van der Waals surface area contributed by atoms with E-state index < -0.39 is 0 Å². The highest BCUT2D eigenvalue weighted by Gasteiger charge is 2.30. The van der Waals surface area contributed by atoms with Gasteiger partial charge in [0, 0.05) is 37.4 Å². The summed E-state index contributed by atoms with van der Waals surface area (Å²) >= 11 is 12.2. The van der Waals surface area contributed by atoms with Gasteiger partial charge < -0.3 is 24.6 Å². The van der Waals surface area contributed by atoms with Crippen LogP contribution in [0, 0.1) is 12.3 Å². The highest BCUT2D eigenvalue weighted by molar-refractivity contribution is 6.42. The zero-order chi connectivity index (χ0) is 24.7. The number of piperidine rings is 1. The second-order valence-electron chi connectivity index (χ2n) is 8.83. The summed E-state index contributed by atoms with van der Waals surface area (Å²) in [7, 11) is 0. The molecule has 1 N–H and O–H groups in total. The molecule has 1 aromatic carbocycles. The zero-order valence-corrected chi connectivity index (χ0v) is 21.6. The summed E-state index contributed by atoms with van der Waals surface area (Å²) in [6.07, 6.45) is 11.5. The third-order valence-electron chi connectivity index (χ3n) is 6.27. The number of terminal acetylenes is 1. The number of carbonyl (C=O) groups excluding carboxylic acids is 1. The first-order valence-corrected chi connectivity index (χ1v) is 12.5. The number of benzene rings is 1. The van der Waals surface area contributed by atoms with Crippen molar-refractivity contribution in [1.29, 1.82) is 0 Å². The van der Waals surface area contributed by atoms with Crippen molar-refractivity contribution in [2.24, 2.45) is 0 Å². The van der Waals surface area contributed by atoms with Crippen molar-refractivity contribution in [3.05, 3.63) is 51.4 Å². The van der Waals surface area contributed by atoms with E-state index in [0.717, 1.165) is 31.5 Å². The normalized spacial score (nSPS) is 18.2. The second-order valence-corrected chi connectivity index (χ2v) is 9.64. The van der Waals surface area contributed by atoms with Gasteiger partial charge in [-0.3, -0.25) is 0 Å². The van der Waals surface area contributed by atoms with E-state index in [1.165, 1.54) is 12.8 Å². The summed E-state index contributed by atoms with van der Waals surface area (Å²) < 4.78 is 10.8. The maximum absolute atomic E-state index is 13.4. The third-order valence-corrected chi connectivity index (χ3v) is 7.01. The van der Waals surface area contributed by atoms with Gasteiger partial charge >= 0.3 is 6.03 Å². The van der Waals surface area contributed by atoms with Crippen LogP contribution in [-0.2, 0) is 9.47 Å². The second kappa shape index (κ2) is 12.4. The summed E-state index contributed by atoms with van der Waals surface area (Å²) in [6.45, 7) is 8.94. The maximum atomic E-state index is 13.4. The lowest BCUT2D eigenvalue weighted by Gasteiger charge is -2.41. The van der Waals surface area contributed by atoms with Crippen LogP contribution in [0.2, 0.25) is 10.0 Å². The Bertz CT molecular complexity index is 978. The molecule has 2 aliphatic rings. The van der Waals surface area contributed by atoms with Gasteiger partial charge in [-0.2, -0.15) is 0 Å². The summed E-state index contributed by atoms with van der Waals surface area (Å²) in [4.78, 5) is 17.8. The number of likely N-dealkylation sites (tertiary alicyclic amines) is 1. The number of hydrogen-bond donors (Lipinski definition) is 1. The first kappa shape index (κ1) is 26.3. The molecule has 3 rings (SSSR count). The molecule has 1 atom stereocenters. The Morgan fingerprint density at radius 1 is 1.32 bits per heavy atom. The molecule has 6 nitrogen and oxygen atoms in total. The number of nitrogens with zero attached hydrogens (tertiary/aromatic N) is 2. The molecular weight excluding hydrogens is 473 g/mol. The molecule has 2 heterocycles. The molecule has 1 aromatic rings. The van der Waals surface area contributed by atoms with E-state index in [9.17, 15) is 4.79 Å². The highest BCUT2D eigenvalue weighted by Crippen LogP contribution is 2.27. The Labute approximate surface area is 212 Å². The Morgan fingerprint density at radius 3 is 2.71 bits per heavy atom. The number of urea groups is 1. The van der Waals surface area contributed by atoms with Crippen molar-refractivity contribution < 1.29 is 14.3 Å². The fourth-order valence-corrected chi connectivity index (χ4v) is 4.72. The number of nitrogens with one attached hydrogen (secondary N) is 1. The van der Waals surface area contributed by atoms with Crippen molar-refractivity contribution in [2.75, 3.05) is 31.7 Å². The van der Waals surface area contributed by atoms with Gasteiger partial charge in [-0.1, -0.05) is 42.1 Å². The Hall–Kier alpha value is -2.33. The first-order chi connectivity index (χ1) is 16.3.